The van der Waals surface area contributed by atoms with E-state index in [4.69, 9.17) is 11.6 Å². The largest absolute Gasteiger partial charge is 0.298 e. The zero-order valence-corrected chi connectivity index (χ0v) is 11.9. The van der Waals surface area contributed by atoms with E-state index in [1.807, 2.05) is 18.2 Å². The van der Waals surface area contributed by atoms with Crippen molar-refractivity contribution in [2.24, 2.45) is 0 Å². The highest BCUT2D eigenvalue weighted by atomic mass is 127. The van der Waals surface area contributed by atoms with E-state index in [1.54, 1.807) is 0 Å². The summed E-state index contributed by atoms with van der Waals surface area (Å²) >= 11 is 11.2. The Kier molecular flexibility index (Phi) is 5.41. The highest BCUT2D eigenvalue weighted by molar-refractivity contribution is 14.1. The molecule has 1 nitrogen and oxygen atoms in total. The van der Waals surface area contributed by atoms with E-state index in [0.717, 1.165) is 14.7 Å². The number of ketones is 1. The van der Waals surface area contributed by atoms with Crippen LogP contribution in [0.15, 0.2) is 18.2 Å². The third-order valence-electron chi connectivity index (χ3n) is 1.88. The quantitative estimate of drug-likeness (QED) is 0.571. The van der Waals surface area contributed by atoms with E-state index in [0.29, 0.717) is 17.6 Å². The first-order valence-corrected chi connectivity index (χ1v) is 6.82. The number of hydrogen-bond acceptors (Lipinski definition) is 1. The number of carbonyl (C=O) groups excluding carboxylic acids is 1. The Hall–Kier alpha value is 0.390. The van der Waals surface area contributed by atoms with Gasteiger partial charge in [-0.05, 0) is 39.8 Å². The molecule has 1 aromatic carbocycles. The first-order chi connectivity index (χ1) is 6.69. The summed E-state index contributed by atoms with van der Waals surface area (Å²) < 4.78 is 1.11. The lowest BCUT2D eigenvalue weighted by atomic mass is 10.0. The summed E-state index contributed by atoms with van der Waals surface area (Å²) in [5.41, 5.74) is 2.11. The topological polar surface area (TPSA) is 17.1 Å². The maximum Gasteiger partial charge on any atom is 0.147 e. The van der Waals surface area contributed by atoms with Crippen LogP contribution in [-0.2, 0) is 17.1 Å². The highest BCUT2D eigenvalue weighted by Crippen LogP contribution is 2.19. The average Bonchev–Trinajstić information content (AvgIpc) is 2.20. The summed E-state index contributed by atoms with van der Waals surface area (Å²) in [6.45, 7) is 0. The number of hydrogen-bond donors (Lipinski definition) is 0. The van der Waals surface area contributed by atoms with Gasteiger partial charge in [0.1, 0.15) is 5.78 Å². The maximum atomic E-state index is 11.3. The first-order valence-electron chi connectivity index (χ1n) is 4.09. The molecule has 0 aromatic heterocycles. The van der Waals surface area contributed by atoms with Crippen LogP contribution in [0.5, 0.6) is 0 Å². The van der Waals surface area contributed by atoms with E-state index in [-0.39, 0.29) is 5.78 Å². The molecule has 14 heavy (non-hydrogen) atoms. The van der Waals surface area contributed by atoms with Crippen LogP contribution in [0.1, 0.15) is 11.1 Å². The molecular formula is C10H9BrClIO. The highest BCUT2D eigenvalue weighted by Gasteiger charge is 2.09. The molecular weight excluding hydrogens is 378 g/mol. The summed E-state index contributed by atoms with van der Waals surface area (Å²) in [5.74, 6) is 0.641. The molecule has 0 spiro atoms. The lowest BCUT2D eigenvalue weighted by Crippen LogP contribution is -2.07. The van der Waals surface area contributed by atoms with Gasteiger partial charge in [-0.15, -0.1) is 11.6 Å². The Morgan fingerprint density at radius 1 is 1.50 bits per heavy atom. The van der Waals surface area contributed by atoms with Crippen LogP contribution in [0.4, 0.5) is 0 Å². The zero-order valence-electron chi connectivity index (χ0n) is 7.40. The second-order valence-corrected chi connectivity index (χ2v) is 4.85. The standard InChI is InChI=1S/C10H9BrClIO/c11-5-8(14)4-9-7(6-12)2-1-3-10(9)13/h1-3H,4-6H2. The van der Waals surface area contributed by atoms with Gasteiger partial charge in [-0.25, -0.2) is 0 Å². The van der Waals surface area contributed by atoms with Crippen molar-refractivity contribution in [1.29, 1.82) is 0 Å². The summed E-state index contributed by atoms with van der Waals surface area (Å²) in [7, 11) is 0. The Bertz CT molecular complexity index is 341. The molecule has 0 aliphatic heterocycles. The molecule has 0 saturated carbocycles. The van der Waals surface area contributed by atoms with Crippen LogP contribution in [0, 0.1) is 3.57 Å². The molecule has 0 amide bonds. The van der Waals surface area contributed by atoms with Gasteiger partial charge >= 0.3 is 0 Å². The van der Waals surface area contributed by atoms with Crippen LogP contribution < -0.4 is 0 Å². The third kappa shape index (κ3) is 3.21. The van der Waals surface area contributed by atoms with Gasteiger partial charge in [0.25, 0.3) is 0 Å². The molecule has 1 rings (SSSR count). The van der Waals surface area contributed by atoms with Gasteiger partial charge < -0.3 is 0 Å². The Morgan fingerprint density at radius 3 is 2.79 bits per heavy atom. The van der Waals surface area contributed by atoms with Crippen molar-refractivity contribution in [3.8, 4) is 0 Å². The second kappa shape index (κ2) is 6.08. The van der Waals surface area contributed by atoms with Gasteiger partial charge in [0.2, 0.25) is 0 Å². The minimum absolute atomic E-state index is 0.181. The van der Waals surface area contributed by atoms with E-state index in [2.05, 4.69) is 38.5 Å². The Labute approximate surface area is 110 Å². The van der Waals surface area contributed by atoms with Gasteiger partial charge in [-0.3, -0.25) is 4.79 Å². The van der Waals surface area contributed by atoms with E-state index >= 15 is 0 Å². The molecule has 0 N–H and O–H groups in total. The van der Waals surface area contributed by atoms with Crippen molar-refractivity contribution in [2.75, 3.05) is 5.33 Å². The van der Waals surface area contributed by atoms with Gasteiger partial charge in [0.15, 0.2) is 0 Å². The van der Waals surface area contributed by atoms with Crippen LogP contribution in [0.2, 0.25) is 0 Å². The molecule has 0 aliphatic carbocycles. The predicted molar refractivity (Wildman–Crippen MR) is 71.2 cm³/mol. The van der Waals surface area contributed by atoms with Crippen LogP contribution in [-0.4, -0.2) is 11.1 Å². The van der Waals surface area contributed by atoms with Crippen molar-refractivity contribution in [1.82, 2.24) is 0 Å². The minimum Gasteiger partial charge on any atom is -0.298 e. The number of alkyl halides is 2. The van der Waals surface area contributed by atoms with Crippen molar-refractivity contribution in [3.63, 3.8) is 0 Å². The zero-order chi connectivity index (χ0) is 10.6. The van der Waals surface area contributed by atoms with E-state index in [1.165, 1.54) is 0 Å². The number of benzene rings is 1. The van der Waals surface area contributed by atoms with Crippen molar-refractivity contribution in [3.05, 3.63) is 32.9 Å². The average molecular weight is 387 g/mol. The monoisotopic (exact) mass is 386 g/mol. The van der Waals surface area contributed by atoms with Crippen LogP contribution >= 0.6 is 50.1 Å². The summed E-state index contributed by atoms with van der Waals surface area (Å²) in [6, 6.07) is 5.92. The lowest BCUT2D eigenvalue weighted by molar-refractivity contribution is -0.115. The van der Waals surface area contributed by atoms with Crippen LogP contribution in [0.25, 0.3) is 0 Å². The van der Waals surface area contributed by atoms with Crippen molar-refractivity contribution < 1.29 is 4.79 Å². The first kappa shape index (κ1) is 12.5. The molecule has 0 radical (unpaired) electrons. The molecule has 0 fully saturated rings. The Balaban J connectivity index is 2.98. The van der Waals surface area contributed by atoms with Gasteiger partial charge in [0.05, 0.1) is 5.33 Å². The van der Waals surface area contributed by atoms with Gasteiger partial charge in [-0.2, -0.15) is 0 Å². The molecule has 0 aliphatic rings. The summed E-state index contributed by atoms with van der Waals surface area (Å²) in [4.78, 5) is 11.3. The van der Waals surface area contributed by atoms with Gasteiger partial charge in [0, 0.05) is 15.9 Å². The molecule has 1 aromatic rings. The molecule has 0 saturated heterocycles. The lowest BCUT2D eigenvalue weighted by Gasteiger charge is -2.07. The smallest absolute Gasteiger partial charge is 0.147 e. The molecule has 0 atom stereocenters. The number of carbonyl (C=O) groups is 1. The fourth-order valence-corrected chi connectivity index (χ4v) is 2.36. The molecule has 76 valence electrons. The number of rotatable bonds is 4. The van der Waals surface area contributed by atoms with Crippen molar-refractivity contribution >= 4 is 55.9 Å². The van der Waals surface area contributed by atoms with E-state index < -0.39 is 0 Å². The number of Topliss-reactive ketones (excluding diaryl/α,β-unsaturated/α-hetero) is 1. The fourth-order valence-electron chi connectivity index (χ4n) is 1.17. The van der Waals surface area contributed by atoms with E-state index in [9.17, 15) is 4.79 Å². The van der Waals surface area contributed by atoms with Crippen molar-refractivity contribution in [2.45, 2.75) is 12.3 Å². The summed E-state index contributed by atoms with van der Waals surface area (Å²) in [5, 5.41) is 0.402. The molecule has 0 bridgehead atoms. The SMILES string of the molecule is O=C(CBr)Cc1c(I)cccc1CCl. The third-order valence-corrected chi connectivity index (χ3v) is 3.81. The summed E-state index contributed by atoms with van der Waals surface area (Å²) in [6.07, 6.45) is 0.465. The molecule has 4 heteroatoms. The van der Waals surface area contributed by atoms with Gasteiger partial charge in [-0.1, -0.05) is 28.1 Å². The normalized spacial score (nSPS) is 10.2. The predicted octanol–water partition coefficient (Wildman–Crippen LogP) is 3.54. The molecule has 0 heterocycles. The Morgan fingerprint density at radius 2 is 2.21 bits per heavy atom. The number of halogens is 3. The minimum atomic E-state index is 0.181. The second-order valence-electron chi connectivity index (χ2n) is 2.86. The maximum absolute atomic E-state index is 11.3. The van der Waals surface area contributed by atoms with Crippen LogP contribution in [0.3, 0.4) is 0 Å². The fraction of sp³-hybridized carbons (Fsp3) is 0.300. The molecule has 0 unspecified atom stereocenters.